The lowest BCUT2D eigenvalue weighted by molar-refractivity contribution is -0.144. The summed E-state index contributed by atoms with van der Waals surface area (Å²) in [5, 5.41) is 26.0. The van der Waals surface area contributed by atoms with Gasteiger partial charge >= 0.3 is 11.9 Å². The Labute approximate surface area is 205 Å². The van der Waals surface area contributed by atoms with Crippen LogP contribution in [0.3, 0.4) is 0 Å². The summed E-state index contributed by atoms with van der Waals surface area (Å²) in [6.07, 6.45) is 2.42. The number of aliphatic carboxylic acids is 2. The molecule has 0 aromatic rings. The maximum absolute atomic E-state index is 13.0. The highest BCUT2D eigenvalue weighted by atomic mass is 32.2. The van der Waals surface area contributed by atoms with Crippen molar-refractivity contribution in [1.82, 2.24) is 16.0 Å². The number of rotatable bonds is 17. The van der Waals surface area contributed by atoms with Crippen LogP contribution in [0.15, 0.2) is 0 Å². The lowest BCUT2D eigenvalue weighted by Gasteiger charge is -2.27. The molecule has 196 valence electrons. The minimum Gasteiger partial charge on any atom is -0.481 e. The van der Waals surface area contributed by atoms with Crippen molar-refractivity contribution < 1.29 is 34.2 Å². The van der Waals surface area contributed by atoms with E-state index in [-0.39, 0.29) is 24.7 Å². The molecule has 0 aliphatic carbocycles. The van der Waals surface area contributed by atoms with E-state index in [4.69, 9.17) is 10.8 Å². The Morgan fingerprint density at radius 3 is 1.91 bits per heavy atom. The van der Waals surface area contributed by atoms with Gasteiger partial charge in [0.1, 0.15) is 18.1 Å². The third-order valence-electron chi connectivity index (χ3n) is 5.37. The molecule has 0 bridgehead atoms. The topological polar surface area (TPSA) is 188 Å². The minimum absolute atomic E-state index is 0.0200. The van der Waals surface area contributed by atoms with Gasteiger partial charge in [0.05, 0.1) is 6.04 Å². The third-order valence-corrected chi connectivity index (χ3v) is 6.01. The highest BCUT2D eigenvalue weighted by molar-refractivity contribution is 7.98. The maximum Gasteiger partial charge on any atom is 0.326 e. The Kier molecular flexibility index (Phi) is 15.2. The molecule has 3 amide bonds. The molecule has 0 heterocycles. The molecule has 0 spiro atoms. The van der Waals surface area contributed by atoms with Crippen LogP contribution in [-0.4, -0.2) is 76.0 Å². The average Bonchev–Trinajstić information content (AvgIpc) is 2.76. The van der Waals surface area contributed by atoms with Crippen molar-refractivity contribution in [2.45, 2.75) is 84.0 Å². The van der Waals surface area contributed by atoms with Crippen LogP contribution in [0.1, 0.15) is 59.8 Å². The number of nitrogens with two attached hydrogens (primary N) is 1. The second-order valence-electron chi connectivity index (χ2n) is 8.78. The molecule has 7 N–H and O–H groups in total. The first-order valence-electron chi connectivity index (χ1n) is 11.4. The van der Waals surface area contributed by atoms with E-state index in [1.165, 1.54) is 11.8 Å². The van der Waals surface area contributed by atoms with Gasteiger partial charge in [-0.1, -0.05) is 34.1 Å². The van der Waals surface area contributed by atoms with E-state index >= 15 is 0 Å². The zero-order valence-electron chi connectivity index (χ0n) is 20.6. The molecule has 12 heteroatoms. The summed E-state index contributed by atoms with van der Waals surface area (Å²) in [7, 11) is 0. The Bertz CT molecular complexity index is 705. The van der Waals surface area contributed by atoms with Crippen LogP contribution >= 0.6 is 11.8 Å². The SMILES string of the molecule is CCC(C)C(NC(=O)C(CCC(=O)O)NC(=O)C(CC(C)C)NC(=O)C(N)CCSC)C(=O)O. The van der Waals surface area contributed by atoms with Crippen molar-refractivity contribution >= 4 is 41.4 Å². The van der Waals surface area contributed by atoms with Crippen LogP contribution < -0.4 is 21.7 Å². The first-order chi connectivity index (χ1) is 15.8. The van der Waals surface area contributed by atoms with Crippen LogP contribution in [-0.2, 0) is 24.0 Å². The highest BCUT2D eigenvalue weighted by Crippen LogP contribution is 2.11. The van der Waals surface area contributed by atoms with E-state index in [2.05, 4.69) is 16.0 Å². The van der Waals surface area contributed by atoms with Crippen molar-refractivity contribution in [2.75, 3.05) is 12.0 Å². The average molecular weight is 505 g/mol. The normalized spacial score (nSPS) is 15.5. The van der Waals surface area contributed by atoms with Crippen LogP contribution in [0.4, 0.5) is 0 Å². The molecule has 0 aliphatic rings. The predicted octanol–water partition coefficient (Wildman–Crippen LogP) is 0.563. The summed E-state index contributed by atoms with van der Waals surface area (Å²) in [4.78, 5) is 60.9. The Morgan fingerprint density at radius 1 is 0.882 bits per heavy atom. The largest absolute Gasteiger partial charge is 0.481 e. The van der Waals surface area contributed by atoms with Gasteiger partial charge in [-0.3, -0.25) is 19.2 Å². The molecule has 0 saturated heterocycles. The van der Waals surface area contributed by atoms with Gasteiger partial charge in [0.25, 0.3) is 0 Å². The Hall–Kier alpha value is -2.34. The molecule has 5 unspecified atom stereocenters. The minimum atomic E-state index is -1.29. The maximum atomic E-state index is 13.0. The lowest BCUT2D eigenvalue weighted by atomic mass is 9.98. The predicted molar refractivity (Wildman–Crippen MR) is 130 cm³/mol. The molecule has 0 aromatic heterocycles. The second-order valence-corrected chi connectivity index (χ2v) is 9.77. The Morgan fingerprint density at radius 2 is 1.44 bits per heavy atom. The van der Waals surface area contributed by atoms with Gasteiger partial charge in [-0.25, -0.2) is 4.79 Å². The van der Waals surface area contributed by atoms with Crippen molar-refractivity contribution in [3.63, 3.8) is 0 Å². The van der Waals surface area contributed by atoms with Crippen molar-refractivity contribution in [2.24, 2.45) is 17.6 Å². The van der Waals surface area contributed by atoms with E-state index in [0.717, 1.165) is 0 Å². The van der Waals surface area contributed by atoms with E-state index in [9.17, 15) is 29.1 Å². The number of carboxylic acid groups (broad SMARTS) is 2. The van der Waals surface area contributed by atoms with E-state index < -0.39 is 60.2 Å². The zero-order chi connectivity index (χ0) is 26.4. The monoisotopic (exact) mass is 504 g/mol. The molecule has 0 fully saturated rings. The lowest BCUT2D eigenvalue weighted by Crippen LogP contribution is -2.58. The van der Waals surface area contributed by atoms with Gasteiger partial charge in [0.2, 0.25) is 17.7 Å². The summed E-state index contributed by atoms with van der Waals surface area (Å²) in [5.74, 6) is -4.04. The molecule has 0 aromatic carbocycles. The number of carbonyl (C=O) groups excluding carboxylic acids is 3. The molecular weight excluding hydrogens is 464 g/mol. The smallest absolute Gasteiger partial charge is 0.326 e. The summed E-state index contributed by atoms with van der Waals surface area (Å²) >= 11 is 1.54. The number of nitrogens with one attached hydrogen (secondary N) is 3. The van der Waals surface area contributed by atoms with Crippen LogP contribution in [0, 0.1) is 11.8 Å². The van der Waals surface area contributed by atoms with Gasteiger partial charge < -0.3 is 31.9 Å². The van der Waals surface area contributed by atoms with Gasteiger partial charge in [-0.05, 0) is 43.1 Å². The summed E-state index contributed by atoms with van der Waals surface area (Å²) in [6.45, 7) is 7.16. The quantitative estimate of drug-likeness (QED) is 0.164. The molecule has 0 saturated carbocycles. The fraction of sp³-hybridized carbons (Fsp3) is 0.773. The fourth-order valence-electron chi connectivity index (χ4n) is 3.10. The van der Waals surface area contributed by atoms with Crippen LogP contribution in [0.2, 0.25) is 0 Å². The second kappa shape index (κ2) is 16.3. The summed E-state index contributed by atoms with van der Waals surface area (Å²) in [6, 6.07) is -4.26. The molecule has 5 atom stereocenters. The first kappa shape index (κ1) is 31.7. The van der Waals surface area contributed by atoms with E-state index in [1.54, 1.807) is 13.8 Å². The number of hydrogen-bond donors (Lipinski definition) is 6. The standard InChI is InChI=1S/C22H40N4O7S/c1-6-13(4)18(22(32)33)26-20(30)15(7-8-17(27)28)24-21(31)16(11-12(2)3)25-19(29)14(23)9-10-34-5/h12-16,18H,6-11,23H2,1-5H3,(H,24,31)(H,25,29)(H,26,30)(H,27,28)(H,32,33). The molecule has 11 nitrogen and oxygen atoms in total. The van der Waals surface area contributed by atoms with Crippen molar-refractivity contribution in [1.29, 1.82) is 0 Å². The van der Waals surface area contributed by atoms with Crippen LogP contribution in [0.5, 0.6) is 0 Å². The fourth-order valence-corrected chi connectivity index (χ4v) is 3.59. The summed E-state index contributed by atoms with van der Waals surface area (Å²) in [5.41, 5.74) is 5.90. The number of carbonyl (C=O) groups is 5. The number of thioether (sulfide) groups is 1. The molecule has 0 aliphatic heterocycles. The van der Waals surface area contributed by atoms with Gasteiger partial charge in [0.15, 0.2) is 0 Å². The zero-order valence-corrected chi connectivity index (χ0v) is 21.4. The first-order valence-corrected chi connectivity index (χ1v) is 12.8. The van der Waals surface area contributed by atoms with Gasteiger partial charge in [0, 0.05) is 6.42 Å². The molecule has 0 radical (unpaired) electrons. The number of hydrogen-bond acceptors (Lipinski definition) is 7. The van der Waals surface area contributed by atoms with E-state index in [0.29, 0.717) is 18.6 Å². The van der Waals surface area contributed by atoms with Crippen molar-refractivity contribution in [3.05, 3.63) is 0 Å². The number of amides is 3. The molecular formula is C22H40N4O7S. The van der Waals surface area contributed by atoms with Gasteiger partial charge in [-0.15, -0.1) is 0 Å². The molecule has 34 heavy (non-hydrogen) atoms. The summed E-state index contributed by atoms with van der Waals surface area (Å²) < 4.78 is 0. The molecule has 0 rings (SSSR count). The van der Waals surface area contributed by atoms with Crippen LogP contribution in [0.25, 0.3) is 0 Å². The van der Waals surface area contributed by atoms with Crippen molar-refractivity contribution in [3.8, 4) is 0 Å². The Balaban J connectivity index is 5.57. The highest BCUT2D eigenvalue weighted by Gasteiger charge is 2.32. The van der Waals surface area contributed by atoms with E-state index in [1.807, 2.05) is 20.1 Å². The van der Waals surface area contributed by atoms with Gasteiger partial charge in [-0.2, -0.15) is 11.8 Å². The third kappa shape index (κ3) is 12.2. The number of carboxylic acids is 2.